The SMILES string of the molecule is CC(=O)N[C@@H]1C(=O)N=C(S[C@@H](C)C(=O)Nc2cccc(Cl)c2)NC1=O. The third-order valence-electron chi connectivity index (χ3n) is 3.05. The lowest BCUT2D eigenvalue weighted by atomic mass is 10.2. The molecule has 0 bridgehead atoms. The third kappa shape index (κ3) is 5.30. The van der Waals surface area contributed by atoms with Gasteiger partial charge in [0.15, 0.2) is 11.2 Å². The molecule has 0 fully saturated rings. The van der Waals surface area contributed by atoms with E-state index in [1.807, 2.05) is 0 Å². The fraction of sp³-hybridized carbons (Fsp3) is 0.267. The predicted octanol–water partition coefficient (Wildman–Crippen LogP) is 0.917. The van der Waals surface area contributed by atoms with Gasteiger partial charge in [0.1, 0.15) is 0 Å². The summed E-state index contributed by atoms with van der Waals surface area (Å²) < 4.78 is 0. The van der Waals surface area contributed by atoms with Crippen LogP contribution in [0.3, 0.4) is 0 Å². The molecule has 0 spiro atoms. The number of thioether (sulfide) groups is 1. The maximum atomic E-state index is 12.2. The zero-order valence-corrected chi connectivity index (χ0v) is 14.9. The molecule has 1 aromatic carbocycles. The molecule has 0 radical (unpaired) electrons. The molecule has 0 saturated carbocycles. The van der Waals surface area contributed by atoms with Crippen LogP contribution < -0.4 is 16.0 Å². The lowest BCUT2D eigenvalue weighted by Crippen LogP contribution is -2.55. The first kappa shape index (κ1) is 18.9. The van der Waals surface area contributed by atoms with Crippen molar-refractivity contribution in [2.75, 3.05) is 5.32 Å². The van der Waals surface area contributed by atoms with Gasteiger partial charge in [0.25, 0.3) is 11.8 Å². The van der Waals surface area contributed by atoms with Crippen LogP contribution in [0.25, 0.3) is 0 Å². The monoisotopic (exact) mass is 382 g/mol. The Morgan fingerprint density at radius 2 is 2.08 bits per heavy atom. The van der Waals surface area contributed by atoms with Crippen molar-refractivity contribution in [3.8, 4) is 0 Å². The summed E-state index contributed by atoms with van der Waals surface area (Å²) in [4.78, 5) is 50.6. The summed E-state index contributed by atoms with van der Waals surface area (Å²) in [5, 5.41) is 7.13. The second-order valence-electron chi connectivity index (χ2n) is 5.14. The van der Waals surface area contributed by atoms with Gasteiger partial charge in [-0.3, -0.25) is 19.2 Å². The molecule has 1 aliphatic rings. The van der Waals surface area contributed by atoms with E-state index in [0.717, 1.165) is 11.8 Å². The number of aliphatic imine (C=N–C) groups is 1. The van der Waals surface area contributed by atoms with Crippen LogP contribution >= 0.6 is 23.4 Å². The molecule has 10 heteroatoms. The minimum Gasteiger partial charge on any atom is -0.337 e. The Morgan fingerprint density at radius 1 is 1.36 bits per heavy atom. The first-order chi connectivity index (χ1) is 11.8. The number of amides is 4. The average Bonchev–Trinajstić information content (AvgIpc) is 2.50. The maximum absolute atomic E-state index is 12.2. The highest BCUT2D eigenvalue weighted by molar-refractivity contribution is 8.15. The Morgan fingerprint density at radius 3 is 2.68 bits per heavy atom. The van der Waals surface area contributed by atoms with Crippen LogP contribution in [-0.2, 0) is 19.2 Å². The fourth-order valence-electron chi connectivity index (χ4n) is 1.90. The summed E-state index contributed by atoms with van der Waals surface area (Å²) in [5.41, 5.74) is 0.529. The summed E-state index contributed by atoms with van der Waals surface area (Å²) in [6, 6.07) is 5.30. The highest BCUT2D eigenvalue weighted by atomic mass is 35.5. The van der Waals surface area contributed by atoms with Crippen molar-refractivity contribution in [1.29, 1.82) is 0 Å². The molecule has 1 heterocycles. The average molecular weight is 383 g/mol. The van der Waals surface area contributed by atoms with E-state index in [4.69, 9.17) is 11.6 Å². The van der Waals surface area contributed by atoms with Crippen LogP contribution in [0.5, 0.6) is 0 Å². The number of hydrogen-bond acceptors (Lipinski definition) is 5. The van der Waals surface area contributed by atoms with Gasteiger partial charge in [0, 0.05) is 17.6 Å². The summed E-state index contributed by atoms with van der Waals surface area (Å²) in [6.07, 6.45) is 0. The minimum atomic E-state index is -1.35. The number of halogens is 1. The van der Waals surface area contributed by atoms with Crippen molar-refractivity contribution >= 4 is 57.8 Å². The maximum Gasteiger partial charge on any atom is 0.280 e. The van der Waals surface area contributed by atoms with E-state index in [9.17, 15) is 19.2 Å². The standard InChI is InChI=1S/C15H15ClN4O4S/c1-7(12(22)18-10-5-3-4-9(16)6-10)25-15-19-13(23)11(14(24)20-15)17-8(2)21/h3-7,11H,1-2H3,(H,17,21)(H,18,22)(H,19,20,23,24)/t7-/m0/s1. The lowest BCUT2D eigenvalue weighted by molar-refractivity contribution is -0.134. The summed E-state index contributed by atoms with van der Waals surface area (Å²) >= 11 is 6.77. The van der Waals surface area contributed by atoms with Gasteiger partial charge in [-0.2, -0.15) is 4.99 Å². The highest BCUT2D eigenvalue weighted by Gasteiger charge is 2.33. The number of benzene rings is 1. The minimum absolute atomic E-state index is 0.00495. The molecule has 25 heavy (non-hydrogen) atoms. The number of carbonyl (C=O) groups is 4. The molecule has 0 saturated heterocycles. The number of amidine groups is 1. The van der Waals surface area contributed by atoms with Crippen molar-refractivity contribution in [3.05, 3.63) is 29.3 Å². The van der Waals surface area contributed by atoms with E-state index in [1.165, 1.54) is 6.92 Å². The van der Waals surface area contributed by atoms with Crippen LogP contribution in [0.1, 0.15) is 13.8 Å². The van der Waals surface area contributed by atoms with Crippen LogP contribution in [-0.4, -0.2) is 40.1 Å². The van der Waals surface area contributed by atoms with E-state index in [-0.39, 0.29) is 11.1 Å². The molecule has 2 rings (SSSR count). The van der Waals surface area contributed by atoms with Crippen molar-refractivity contribution in [3.63, 3.8) is 0 Å². The van der Waals surface area contributed by atoms with Gasteiger partial charge >= 0.3 is 0 Å². The van der Waals surface area contributed by atoms with Gasteiger partial charge in [0.2, 0.25) is 11.8 Å². The molecular formula is C15H15ClN4O4S. The number of hydrogen-bond donors (Lipinski definition) is 3. The Labute approximate surface area is 152 Å². The molecule has 0 unspecified atom stereocenters. The summed E-state index contributed by atoms with van der Waals surface area (Å²) in [6.45, 7) is 2.79. The van der Waals surface area contributed by atoms with Gasteiger partial charge in [-0.25, -0.2) is 0 Å². The Kier molecular flexibility index (Phi) is 6.16. The molecule has 4 amide bonds. The van der Waals surface area contributed by atoms with Crippen LogP contribution in [0.4, 0.5) is 5.69 Å². The van der Waals surface area contributed by atoms with Crippen LogP contribution in [0.15, 0.2) is 29.3 Å². The molecular weight excluding hydrogens is 368 g/mol. The van der Waals surface area contributed by atoms with Gasteiger partial charge in [-0.15, -0.1) is 0 Å². The Hall–Kier alpha value is -2.39. The second-order valence-corrected chi connectivity index (χ2v) is 6.90. The zero-order chi connectivity index (χ0) is 18.6. The van der Waals surface area contributed by atoms with Crippen molar-refractivity contribution in [2.24, 2.45) is 4.99 Å². The van der Waals surface area contributed by atoms with Crippen molar-refractivity contribution in [1.82, 2.24) is 10.6 Å². The number of rotatable bonds is 4. The van der Waals surface area contributed by atoms with E-state index in [0.29, 0.717) is 10.7 Å². The first-order valence-electron chi connectivity index (χ1n) is 7.20. The molecule has 0 aliphatic carbocycles. The normalized spacial score (nSPS) is 18.0. The molecule has 0 aromatic heterocycles. The Bertz CT molecular complexity index is 768. The van der Waals surface area contributed by atoms with E-state index in [1.54, 1.807) is 31.2 Å². The molecule has 1 aliphatic heterocycles. The Balaban J connectivity index is 1.99. The smallest absolute Gasteiger partial charge is 0.280 e. The van der Waals surface area contributed by atoms with E-state index >= 15 is 0 Å². The molecule has 132 valence electrons. The van der Waals surface area contributed by atoms with Crippen LogP contribution in [0, 0.1) is 0 Å². The summed E-state index contributed by atoms with van der Waals surface area (Å²) in [7, 11) is 0. The van der Waals surface area contributed by atoms with E-state index < -0.39 is 29.0 Å². The van der Waals surface area contributed by atoms with Gasteiger partial charge in [-0.1, -0.05) is 29.4 Å². The van der Waals surface area contributed by atoms with Gasteiger partial charge in [0.05, 0.1) is 5.25 Å². The molecule has 8 nitrogen and oxygen atoms in total. The van der Waals surface area contributed by atoms with Crippen molar-refractivity contribution in [2.45, 2.75) is 25.1 Å². The highest BCUT2D eigenvalue weighted by Crippen LogP contribution is 2.19. The zero-order valence-electron chi connectivity index (χ0n) is 13.3. The quantitative estimate of drug-likeness (QED) is 0.669. The lowest BCUT2D eigenvalue weighted by Gasteiger charge is -2.21. The van der Waals surface area contributed by atoms with Gasteiger partial charge < -0.3 is 16.0 Å². The largest absolute Gasteiger partial charge is 0.337 e. The number of nitrogens with one attached hydrogen (secondary N) is 3. The fourth-order valence-corrected chi connectivity index (χ4v) is 2.89. The number of carbonyl (C=O) groups excluding carboxylic acids is 4. The topological polar surface area (TPSA) is 117 Å². The van der Waals surface area contributed by atoms with Crippen molar-refractivity contribution < 1.29 is 19.2 Å². The van der Waals surface area contributed by atoms with E-state index in [2.05, 4.69) is 20.9 Å². The van der Waals surface area contributed by atoms with Crippen LogP contribution in [0.2, 0.25) is 5.02 Å². The second kappa shape index (κ2) is 8.13. The third-order valence-corrected chi connectivity index (χ3v) is 4.27. The number of nitrogens with zero attached hydrogens (tertiary/aromatic N) is 1. The number of anilines is 1. The molecule has 1 aromatic rings. The predicted molar refractivity (Wildman–Crippen MR) is 95.3 cm³/mol. The molecule has 2 atom stereocenters. The summed E-state index contributed by atoms with van der Waals surface area (Å²) in [5.74, 6) is -2.35. The molecule has 3 N–H and O–H groups in total. The first-order valence-corrected chi connectivity index (χ1v) is 8.45. The van der Waals surface area contributed by atoms with Gasteiger partial charge in [-0.05, 0) is 25.1 Å².